The average molecular weight is 430 g/mol. The molecule has 1 heterocycles. The molecule has 0 bridgehead atoms. The number of thioether (sulfide) groups is 1. The predicted octanol–water partition coefficient (Wildman–Crippen LogP) is 2.81. The summed E-state index contributed by atoms with van der Waals surface area (Å²) in [5, 5.41) is 2.98. The van der Waals surface area contributed by atoms with E-state index in [0.29, 0.717) is 38.5 Å². The summed E-state index contributed by atoms with van der Waals surface area (Å²) in [7, 11) is 0. The second kappa shape index (κ2) is 11.7. The van der Waals surface area contributed by atoms with Crippen molar-refractivity contribution in [3.63, 3.8) is 0 Å². The SMILES string of the molecule is O=C(CN1CCCN(C(=O)CSc2ccc(F)cc2)CC1)NCCc1ccccc1. The molecule has 1 N–H and O–H groups in total. The van der Waals surface area contributed by atoms with E-state index >= 15 is 0 Å². The Hall–Kier alpha value is -2.38. The van der Waals surface area contributed by atoms with E-state index in [1.54, 1.807) is 12.1 Å². The highest BCUT2D eigenvalue weighted by Gasteiger charge is 2.20. The van der Waals surface area contributed by atoms with E-state index in [1.807, 2.05) is 23.1 Å². The van der Waals surface area contributed by atoms with Crippen molar-refractivity contribution in [2.45, 2.75) is 17.7 Å². The molecule has 0 spiro atoms. The summed E-state index contributed by atoms with van der Waals surface area (Å²) in [6, 6.07) is 16.3. The summed E-state index contributed by atoms with van der Waals surface area (Å²) >= 11 is 1.42. The Morgan fingerprint density at radius 1 is 0.967 bits per heavy atom. The molecule has 1 fully saturated rings. The van der Waals surface area contributed by atoms with Crippen LogP contribution in [0.4, 0.5) is 4.39 Å². The molecule has 5 nitrogen and oxygen atoms in total. The third-order valence-electron chi connectivity index (χ3n) is 5.06. The Morgan fingerprint density at radius 3 is 2.50 bits per heavy atom. The van der Waals surface area contributed by atoms with Crippen LogP contribution in [0.15, 0.2) is 59.5 Å². The standard InChI is InChI=1S/C23H28FN3O2S/c24-20-7-9-21(10-8-20)30-18-23(29)27-14-4-13-26(15-16-27)17-22(28)25-12-11-19-5-2-1-3-6-19/h1-3,5-10H,4,11-18H2,(H,25,28). The van der Waals surface area contributed by atoms with Crippen molar-refractivity contribution in [2.24, 2.45) is 0 Å². The lowest BCUT2D eigenvalue weighted by Crippen LogP contribution is -2.40. The van der Waals surface area contributed by atoms with Crippen LogP contribution in [0.5, 0.6) is 0 Å². The summed E-state index contributed by atoms with van der Waals surface area (Å²) in [6.45, 7) is 3.82. The van der Waals surface area contributed by atoms with Gasteiger partial charge in [0.1, 0.15) is 5.82 Å². The van der Waals surface area contributed by atoms with E-state index in [0.717, 1.165) is 24.3 Å². The number of carbonyl (C=O) groups is 2. The predicted molar refractivity (Wildman–Crippen MR) is 118 cm³/mol. The van der Waals surface area contributed by atoms with Gasteiger partial charge in [0, 0.05) is 37.6 Å². The molecule has 2 amide bonds. The normalized spacial score (nSPS) is 14.9. The van der Waals surface area contributed by atoms with Crippen LogP contribution in [-0.4, -0.2) is 66.6 Å². The van der Waals surface area contributed by atoms with Crippen molar-refractivity contribution in [3.8, 4) is 0 Å². The molecule has 0 radical (unpaired) electrons. The lowest BCUT2D eigenvalue weighted by Gasteiger charge is -2.21. The van der Waals surface area contributed by atoms with Crippen LogP contribution in [0.2, 0.25) is 0 Å². The maximum Gasteiger partial charge on any atom is 0.234 e. The van der Waals surface area contributed by atoms with Crippen LogP contribution < -0.4 is 5.32 Å². The van der Waals surface area contributed by atoms with Gasteiger partial charge in [-0.3, -0.25) is 14.5 Å². The second-order valence-electron chi connectivity index (χ2n) is 7.34. The summed E-state index contributed by atoms with van der Waals surface area (Å²) < 4.78 is 13.0. The Bertz CT molecular complexity index is 817. The van der Waals surface area contributed by atoms with Crippen LogP contribution in [-0.2, 0) is 16.0 Å². The van der Waals surface area contributed by atoms with Crippen molar-refractivity contribution < 1.29 is 14.0 Å². The Kier molecular flexibility index (Phi) is 8.71. The highest BCUT2D eigenvalue weighted by molar-refractivity contribution is 8.00. The van der Waals surface area contributed by atoms with Crippen LogP contribution in [0.3, 0.4) is 0 Å². The zero-order chi connectivity index (χ0) is 21.2. The smallest absolute Gasteiger partial charge is 0.234 e. The van der Waals surface area contributed by atoms with Crippen LogP contribution >= 0.6 is 11.8 Å². The van der Waals surface area contributed by atoms with Crippen molar-refractivity contribution >= 4 is 23.6 Å². The molecular formula is C23H28FN3O2S. The van der Waals surface area contributed by atoms with Crippen LogP contribution in [0, 0.1) is 5.82 Å². The van der Waals surface area contributed by atoms with Gasteiger partial charge in [-0.05, 0) is 42.7 Å². The number of nitrogens with one attached hydrogen (secondary N) is 1. The lowest BCUT2D eigenvalue weighted by atomic mass is 10.1. The average Bonchev–Trinajstić information content (AvgIpc) is 2.99. The topological polar surface area (TPSA) is 52.7 Å². The fraction of sp³-hybridized carbons (Fsp3) is 0.391. The van der Waals surface area contributed by atoms with Gasteiger partial charge in [-0.2, -0.15) is 0 Å². The fourth-order valence-corrected chi connectivity index (χ4v) is 4.20. The zero-order valence-electron chi connectivity index (χ0n) is 17.1. The second-order valence-corrected chi connectivity index (χ2v) is 8.39. The third-order valence-corrected chi connectivity index (χ3v) is 6.06. The van der Waals surface area contributed by atoms with Gasteiger partial charge in [0.15, 0.2) is 0 Å². The molecular weight excluding hydrogens is 401 g/mol. The van der Waals surface area contributed by atoms with E-state index in [1.165, 1.54) is 29.5 Å². The van der Waals surface area contributed by atoms with E-state index in [4.69, 9.17) is 0 Å². The molecule has 0 saturated carbocycles. The maximum absolute atomic E-state index is 13.0. The molecule has 2 aromatic carbocycles. The van der Waals surface area contributed by atoms with Gasteiger partial charge in [0.05, 0.1) is 12.3 Å². The molecule has 0 aliphatic carbocycles. The number of hydrogen-bond acceptors (Lipinski definition) is 4. The minimum atomic E-state index is -0.276. The van der Waals surface area contributed by atoms with Gasteiger partial charge in [0.2, 0.25) is 11.8 Å². The first-order chi connectivity index (χ1) is 14.6. The number of halogens is 1. The summed E-state index contributed by atoms with van der Waals surface area (Å²) in [4.78, 5) is 29.6. The molecule has 1 aliphatic heterocycles. The number of rotatable bonds is 8. The van der Waals surface area contributed by atoms with Gasteiger partial charge in [-0.25, -0.2) is 4.39 Å². The van der Waals surface area contributed by atoms with E-state index in [9.17, 15) is 14.0 Å². The summed E-state index contributed by atoms with van der Waals surface area (Å²) in [5.74, 6) is 0.171. The molecule has 7 heteroatoms. The Morgan fingerprint density at radius 2 is 1.73 bits per heavy atom. The molecule has 1 saturated heterocycles. The van der Waals surface area contributed by atoms with Crippen molar-refractivity contribution in [2.75, 3.05) is 45.0 Å². The molecule has 0 unspecified atom stereocenters. The van der Waals surface area contributed by atoms with Gasteiger partial charge in [-0.1, -0.05) is 30.3 Å². The number of hydrogen-bond donors (Lipinski definition) is 1. The van der Waals surface area contributed by atoms with Gasteiger partial charge < -0.3 is 10.2 Å². The molecule has 3 rings (SSSR count). The van der Waals surface area contributed by atoms with E-state index in [-0.39, 0.29) is 17.6 Å². The van der Waals surface area contributed by atoms with Gasteiger partial charge >= 0.3 is 0 Å². The molecule has 30 heavy (non-hydrogen) atoms. The lowest BCUT2D eigenvalue weighted by molar-refractivity contribution is -0.128. The Labute approximate surface area is 181 Å². The zero-order valence-corrected chi connectivity index (χ0v) is 17.9. The van der Waals surface area contributed by atoms with Crippen molar-refractivity contribution in [1.29, 1.82) is 0 Å². The number of amides is 2. The first-order valence-electron chi connectivity index (χ1n) is 10.3. The quantitative estimate of drug-likeness (QED) is 0.656. The Balaban J connectivity index is 1.35. The summed E-state index contributed by atoms with van der Waals surface area (Å²) in [6.07, 6.45) is 1.67. The van der Waals surface area contributed by atoms with Crippen molar-refractivity contribution in [1.82, 2.24) is 15.1 Å². The van der Waals surface area contributed by atoms with Gasteiger partial charge in [-0.15, -0.1) is 11.8 Å². The molecule has 160 valence electrons. The fourth-order valence-electron chi connectivity index (χ4n) is 3.40. The van der Waals surface area contributed by atoms with Crippen LogP contribution in [0.25, 0.3) is 0 Å². The van der Waals surface area contributed by atoms with Gasteiger partial charge in [0.25, 0.3) is 0 Å². The largest absolute Gasteiger partial charge is 0.355 e. The van der Waals surface area contributed by atoms with Crippen molar-refractivity contribution in [3.05, 3.63) is 66.0 Å². The monoisotopic (exact) mass is 429 g/mol. The highest BCUT2D eigenvalue weighted by Crippen LogP contribution is 2.19. The number of benzene rings is 2. The molecule has 0 atom stereocenters. The minimum absolute atomic E-state index is 0.0255. The maximum atomic E-state index is 13.0. The summed E-state index contributed by atoms with van der Waals surface area (Å²) in [5.41, 5.74) is 1.21. The molecule has 0 aromatic heterocycles. The number of carbonyl (C=O) groups excluding carboxylic acids is 2. The minimum Gasteiger partial charge on any atom is -0.355 e. The van der Waals surface area contributed by atoms with E-state index < -0.39 is 0 Å². The van der Waals surface area contributed by atoms with E-state index in [2.05, 4.69) is 22.3 Å². The third kappa shape index (κ3) is 7.46. The number of nitrogens with zero attached hydrogens (tertiary/aromatic N) is 2. The highest BCUT2D eigenvalue weighted by atomic mass is 32.2. The molecule has 2 aromatic rings. The van der Waals surface area contributed by atoms with Crippen LogP contribution in [0.1, 0.15) is 12.0 Å². The molecule has 1 aliphatic rings. The first kappa shape index (κ1) is 22.3. The first-order valence-corrected chi connectivity index (χ1v) is 11.3.